The largest absolute Gasteiger partial charge is 0.573 e. The first-order valence-corrected chi connectivity index (χ1v) is 9.97. The summed E-state index contributed by atoms with van der Waals surface area (Å²) in [6.07, 6.45) is -1.90. The molecule has 0 bridgehead atoms. The van der Waals surface area contributed by atoms with E-state index in [0.29, 0.717) is 5.69 Å². The fraction of sp³-hybridized carbons (Fsp3) is 0.333. The number of alkyl halides is 3. The highest BCUT2D eigenvalue weighted by atomic mass is 19.4. The van der Waals surface area contributed by atoms with E-state index in [1.165, 1.54) is 24.3 Å². The van der Waals surface area contributed by atoms with Gasteiger partial charge in [-0.2, -0.15) is 4.98 Å². The summed E-state index contributed by atoms with van der Waals surface area (Å²) in [5.41, 5.74) is 0.678. The third-order valence-corrected chi connectivity index (χ3v) is 5.31. The van der Waals surface area contributed by atoms with Gasteiger partial charge in [0.2, 0.25) is 5.82 Å². The van der Waals surface area contributed by atoms with Gasteiger partial charge in [0.1, 0.15) is 11.4 Å². The molecule has 1 unspecified atom stereocenters. The Bertz CT molecular complexity index is 1130. The smallest absolute Gasteiger partial charge is 0.405 e. The minimum absolute atomic E-state index is 0.0203. The second kappa shape index (κ2) is 8.48. The number of benzene rings is 2. The molecule has 2 heterocycles. The number of halogens is 3. The molecule has 3 aromatic rings. The van der Waals surface area contributed by atoms with Crippen molar-refractivity contribution in [1.82, 2.24) is 10.1 Å². The standard InChI is InChI=1S/C21H19F3N4O4/c1-13-6-4-5-11-27(13)16-10-9-14(12-17(16)28(29)30)20-25-19(26-32-20)15-7-2-3-8-18(15)31-21(22,23)24/h2-3,7-10,12-13H,4-6,11H2,1H3. The maximum absolute atomic E-state index is 12.7. The molecule has 1 saturated heterocycles. The first kappa shape index (κ1) is 21.6. The van der Waals surface area contributed by atoms with Crippen LogP contribution >= 0.6 is 0 Å². The highest BCUT2D eigenvalue weighted by Gasteiger charge is 2.33. The Balaban J connectivity index is 1.68. The zero-order valence-corrected chi connectivity index (χ0v) is 17.0. The van der Waals surface area contributed by atoms with Crippen LogP contribution in [0.15, 0.2) is 47.0 Å². The van der Waals surface area contributed by atoms with Crippen molar-refractivity contribution in [3.05, 3.63) is 52.6 Å². The van der Waals surface area contributed by atoms with Crippen LogP contribution in [0.1, 0.15) is 26.2 Å². The molecule has 8 nitrogen and oxygen atoms in total. The van der Waals surface area contributed by atoms with E-state index in [1.54, 1.807) is 12.1 Å². The predicted molar refractivity (Wildman–Crippen MR) is 109 cm³/mol. The van der Waals surface area contributed by atoms with Crippen LogP contribution < -0.4 is 9.64 Å². The number of aromatic nitrogens is 2. The van der Waals surface area contributed by atoms with E-state index < -0.39 is 17.0 Å². The zero-order chi connectivity index (χ0) is 22.9. The minimum Gasteiger partial charge on any atom is -0.405 e. The maximum Gasteiger partial charge on any atom is 0.573 e. The van der Waals surface area contributed by atoms with Crippen molar-refractivity contribution < 1.29 is 27.4 Å². The van der Waals surface area contributed by atoms with E-state index in [2.05, 4.69) is 14.9 Å². The van der Waals surface area contributed by atoms with Crippen molar-refractivity contribution >= 4 is 11.4 Å². The fourth-order valence-corrected chi connectivity index (χ4v) is 3.82. The topological polar surface area (TPSA) is 94.5 Å². The van der Waals surface area contributed by atoms with Crippen LogP contribution in [0.5, 0.6) is 5.75 Å². The summed E-state index contributed by atoms with van der Waals surface area (Å²) in [6.45, 7) is 2.75. The van der Waals surface area contributed by atoms with Gasteiger partial charge in [0.15, 0.2) is 0 Å². The highest BCUT2D eigenvalue weighted by molar-refractivity contribution is 5.72. The second-order valence-corrected chi connectivity index (χ2v) is 7.47. The number of hydrogen-bond acceptors (Lipinski definition) is 7. The molecular weight excluding hydrogens is 429 g/mol. The summed E-state index contributed by atoms with van der Waals surface area (Å²) in [5.74, 6) is -0.660. The maximum atomic E-state index is 12.7. The molecule has 1 fully saturated rings. The first-order valence-electron chi connectivity index (χ1n) is 9.97. The third-order valence-electron chi connectivity index (χ3n) is 5.31. The molecule has 1 aliphatic rings. The fourth-order valence-electron chi connectivity index (χ4n) is 3.82. The van der Waals surface area contributed by atoms with Crippen molar-refractivity contribution in [3.63, 3.8) is 0 Å². The van der Waals surface area contributed by atoms with Gasteiger partial charge in [-0.1, -0.05) is 17.3 Å². The van der Waals surface area contributed by atoms with E-state index >= 15 is 0 Å². The van der Waals surface area contributed by atoms with Crippen molar-refractivity contribution in [1.29, 1.82) is 0 Å². The molecule has 32 heavy (non-hydrogen) atoms. The Morgan fingerprint density at radius 1 is 1.22 bits per heavy atom. The predicted octanol–water partition coefficient (Wildman–Crippen LogP) is 5.59. The van der Waals surface area contributed by atoms with Crippen molar-refractivity contribution in [2.45, 2.75) is 38.6 Å². The molecule has 0 radical (unpaired) electrons. The van der Waals surface area contributed by atoms with Crippen LogP contribution in [-0.2, 0) is 0 Å². The van der Waals surface area contributed by atoms with Gasteiger partial charge in [0, 0.05) is 24.2 Å². The Hall–Kier alpha value is -3.63. The van der Waals surface area contributed by atoms with E-state index in [1.807, 2.05) is 11.8 Å². The molecule has 0 N–H and O–H groups in total. The molecule has 1 aromatic heterocycles. The first-order chi connectivity index (χ1) is 15.2. The average molecular weight is 448 g/mol. The molecule has 11 heteroatoms. The lowest BCUT2D eigenvalue weighted by molar-refractivity contribution is -0.384. The van der Waals surface area contributed by atoms with Crippen LogP contribution in [-0.4, -0.2) is 34.0 Å². The summed E-state index contributed by atoms with van der Waals surface area (Å²) in [5, 5.41) is 15.5. The summed E-state index contributed by atoms with van der Waals surface area (Å²) >= 11 is 0. The van der Waals surface area contributed by atoms with Gasteiger partial charge in [-0.15, -0.1) is 13.2 Å². The van der Waals surface area contributed by atoms with Crippen LogP contribution in [0.2, 0.25) is 0 Å². The van der Waals surface area contributed by atoms with E-state index in [4.69, 9.17) is 4.52 Å². The molecule has 168 valence electrons. The third kappa shape index (κ3) is 4.51. The number of ether oxygens (including phenoxy) is 1. The second-order valence-electron chi connectivity index (χ2n) is 7.47. The average Bonchev–Trinajstić information content (AvgIpc) is 3.23. The molecule has 0 spiro atoms. The van der Waals surface area contributed by atoms with Crippen molar-refractivity contribution in [2.24, 2.45) is 0 Å². The number of nitro benzene ring substituents is 1. The Morgan fingerprint density at radius 2 is 2.00 bits per heavy atom. The number of hydrogen-bond donors (Lipinski definition) is 0. The van der Waals surface area contributed by atoms with Gasteiger partial charge < -0.3 is 14.2 Å². The molecular formula is C21H19F3N4O4. The van der Waals surface area contributed by atoms with Crippen LogP contribution in [0.25, 0.3) is 22.8 Å². The van der Waals surface area contributed by atoms with E-state index in [9.17, 15) is 23.3 Å². The number of nitro groups is 1. The van der Waals surface area contributed by atoms with Gasteiger partial charge >= 0.3 is 6.36 Å². The normalized spacial score (nSPS) is 16.8. The van der Waals surface area contributed by atoms with Crippen molar-refractivity contribution in [2.75, 3.05) is 11.4 Å². The number of nitrogens with zero attached hydrogens (tertiary/aromatic N) is 4. The van der Waals surface area contributed by atoms with Gasteiger partial charge in [-0.3, -0.25) is 10.1 Å². The molecule has 0 aliphatic carbocycles. The van der Waals surface area contributed by atoms with E-state index in [-0.39, 0.29) is 34.6 Å². The molecule has 2 aromatic carbocycles. The quantitative estimate of drug-likeness (QED) is 0.371. The highest BCUT2D eigenvalue weighted by Crippen LogP contribution is 2.37. The van der Waals surface area contributed by atoms with Gasteiger partial charge in [-0.05, 0) is 50.5 Å². The zero-order valence-electron chi connectivity index (χ0n) is 17.0. The summed E-state index contributed by atoms with van der Waals surface area (Å²) in [7, 11) is 0. The molecule has 1 atom stereocenters. The monoisotopic (exact) mass is 448 g/mol. The number of anilines is 1. The van der Waals surface area contributed by atoms with E-state index in [0.717, 1.165) is 31.9 Å². The van der Waals surface area contributed by atoms with Crippen molar-refractivity contribution in [3.8, 4) is 28.6 Å². The summed E-state index contributed by atoms with van der Waals surface area (Å²) < 4.78 is 47.3. The molecule has 0 saturated carbocycles. The number of para-hydroxylation sites is 1. The Kier molecular flexibility index (Phi) is 5.72. The molecule has 1 aliphatic heterocycles. The van der Waals surface area contributed by atoms with Gasteiger partial charge in [-0.25, -0.2) is 0 Å². The lowest BCUT2D eigenvalue weighted by atomic mass is 10.0. The van der Waals surface area contributed by atoms with Crippen LogP contribution in [0.4, 0.5) is 24.5 Å². The number of piperidine rings is 1. The summed E-state index contributed by atoms with van der Waals surface area (Å²) in [6, 6.07) is 10.2. The lowest BCUT2D eigenvalue weighted by Gasteiger charge is -2.35. The Morgan fingerprint density at radius 3 is 2.72 bits per heavy atom. The van der Waals surface area contributed by atoms with Gasteiger partial charge in [0.05, 0.1) is 10.5 Å². The van der Waals surface area contributed by atoms with Crippen LogP contribution in [0.3, 0.4) is 0 Å². The molecule has 0 amide bonds. The lowest BCUT2D eigenvalue weighted by Crippen LogP contribution is -2.37. The van der Waals surface area contributed by atoms with Crippen LogP contribution in [0, 0.1) is 10.1 Å². The SMILES string of the molecule is CC1CCCCN1c1ccc(-c2nc(-c3ccccc3OC(F)(F)F)no2)cc1[N+](=O)[O-]. The molecule has 4 rings (SSSR count). The Labute approximate surface area is 180 Å². The van der Waals surface area contributed by atoms with Gasteiger partial charge in [0.25, 0.3) is 11.6 Å². The summed E-state index contributed by atoms with van der Waals surface area (Å²) in [4.78, 5) is 17.4. The number of rotatable bonds is 5. The minimum atomic E-state index is -4.88.